The summed E-state index contributed by atoms with van der Waals surface area (Å²) >= 11 is 30.5. The van der Waals surface area contributed by atoms with E-state index in [1.165, 1.54) is 159 Å². The highest BCUT2D eigenvalue weighted by Crippen LogP contribution is 2.63. The molecule has 0 N–H and O–H groups in total. The summed E-state index contributed by atoms with van der Waals surface area (Å²) < 4.78 is 43.6. The van der Waals surface area contributed by atoms with E-state index in [0.29, 0.717) is 38.3 Å². The molecule has 4 nitrogen and oxygen atoms in total. The first-order valence-electron chi connectivity index (χ1n) is 32.4. The van der Waals surface area contributed by atoms with Crippen LogP contribution in [0.2, 0.25) is 0 Å². The first kappa shape index (κ1) is 70.6. The molecular weight excluding hydrogens is 1480 g/mol. The van der Waals surface area contributed by atoms with Crippen LogP contribution in [0.25, 0.3) is 81.6 Å². The highest BCUT2D eigenvalue weighted by atomic mass is 32.3. The van der Waals surface area contributed by atoms with Crippen molar-refractivity contribution >= 4 is 270 Å². The Morgan fingerprint density at radius 2 is 0.474 bits per heavy atom. The van der Waals surface area contributed by atoms with E-state index >= 15 is 0 Å². The van der Waals surface area contributed by atoms with E-state index in [2.05, 4.69) is 151 Å². The van der Waals surface area contributed by atoms with Crippen molar-refractivity contribution < 1.29 is 18.9 Å². The Morgan fingerprint density at radius 1 is 0.284 bits per heavy atom. The van der Waals surface area contributed by atoms with Crippen LogP contribution < -0.4 is 39.8 Å². The fraction of sp³-hybridized carbons (Fsp3) is 0.360. The van der Waals surface area contributed by atoms with Gasteiger partial charge in [-0.05, 0) is 218 Å². The van der Waals surface area contributed by atoms with Crippen LogP contribution in [0.5, 0.6) is 23.0 Å². The van der Waals surface area contributed by atoms with Gasteiger partial charge in [0.15, 0.2) is 23.0 Å². The lowest BCUT2D eigenvalue weighted by Gasteiger charge is -2.22. The molecule has 0 aromatic heterocycles. The zero-order valence-corrected chi connectivity index (χ0v) is 68.5. The Labute approximate surface area is 628 Å². The van der Waals surface area contributed by atoms with Crippen LogP contribution in [-0.4, -0.2) is 76.5 Å². The van der Waals surface area contributed by atoms with Crippen molar-refractivity contribution in [3.8, 4) is 23.0 Å². The van der Waals surface area contributed by atoms with Crippen LogP contribution in [0, 0.1) is 0 Å². The molecule has 496 valence electrons. The topological polar surface area (TPSA) is 36.9 Å². The number of thioether (sulfide) groups is 16. The quantitative estimate of drug-likeness (QED) is 0.0425. The molecule has 8 aromatic carbocycles. The van der Waals surface area contributed by atoms with Crippen LogP contribution in [0.3, 0.4) is 0 Å². The fourth-order valence-corrected chi connectivity index (χ4v) is 34.1. The monoisotopic (exact) mass is 1550 g/mol. The molecule has 0 atom stereocenters. The summed E-state index contributed by atoms with van der Waals surface area (Å²) in [6.45, 7) is 11.6. The minimum atomic E-state index is 0.303. The Bertz CT molecular complexity index is 4220. The molecular formula is C75H76O4S16. The summed E-state index contributed by atoms with van der Waals surface area (Å²) in [4.78, 5) is 0. The second kappa shape index (κ2) is 31.3. The van der Waals surface area contributed by atoms with Gasteiger partial charge >= 0.3 is 0 Å². The second-order valence-electron chi connectivity index (χ2n) is 23.7. The smallest absolute Gasteiger partial charge is 0.161 e. The van der Waals surface area contributed by atoms with E-state index in [4.69, 9.17) is 18.9 Å². The molecule has 4 heterocycles. The van der Waals surface area contributed by atoms with Gasteiger partial charge in [-0.2, -0.15) is 0 Å². The normalized spacial score (nSPS) is 17.9. The predicted molar refractivity (Wildman–Crippen MR) is 457 cm³/mol. The van der Waals surface area contributed by atoms with E-state index < -0.39 is 0 Å². The molecule has 0 radical (unpaired) electrons. The van der Waals surface area contributed by atoms with Gasteiger partial charge in [0.25, 0.3) is 0 Å². The van der Waals surface area contributed by atoms with Crippen molar-refractivity contribution in [1.29, 1.82) is 0 Å². The lowest BCUT2D eigenvalue weighted by Crippen LogP contribution is -2.18. The van der Waals surface area contributed by atoms with Crippen LogP contribution >= 0.6 is 188 Å². The standard InChI is InChI=1S/C75H76O4S16/c1-13-17-21-76-56-34-52-53(35-57(56)77-22-18-14-2)61(65-90-70(82-7)71(83-8)91-65)49-30-39-26-43-42(25-38(39)29-48(49)60(52)64-88-68(80-5)69(81-6)89-64)46-33-47(43)45-28-41-32-51-50(31-40(41)27-44(45)46)62(66-92-72(84-9)73(85-10)93-66)54-36-58(78-23-19-15-3)59(79-24-20-16-4)37-55(54)63(51)67-94-74(86-11)75(87-12)95-67/h25-32,34-37,46-47H,13-24,33H2,1-12H3. The van der Waals surface area contributed by atoms with E-state index in [-0.39, 0.29) is 0 Å². The van der Waals surface area contributed by atoms with Gasteiger partial charge in [-0.1, -0.05) is 172 Å². The SMILES string of the molecule is CCCCOc1cc2c(=C3SC(SC)=C(SC)S3)c3cc4cc5c(cc4cc3c(=C3SC(SC)=C(SC)S3)c2cc1OCCCC)C1CC5c2cc3cc4c(=C5SC(SC)=C(SC)S5)c5cc(OCCCC)c(OCCCC)cc5c(=C5SC(SC)=C(SC)S5)c4cc3cc21. The molecule has 0 unspecified atom stereocenters. The maximum absolute atomic E-state index is 6.81. The number of hydrogen-bond donors (Lipinski definition) is 0. The molecule has 0 saturated heterocycles. The Hall–Kier alpha value is -1.44. The third-order valence-electron chi connectivity index (χ3n) is 18.1. The zero-order chi connectivity index (χ0) is 65.8. The van der Waals surface area contributed by atoms with E-state index in [1.54, 1.807) is 0 Å². The first-order valence-corrected chi connectivity index (χ1v) is 48.7. The van der Waals surface area contributed by atoms with Crippen molar-refractivity contribution in [2.24, 2.45) is 0 Å². The molecule has 0 fully saturated rings. The number of ether oxygens (including phenoxy) is 4. The Balaban J connectivity index is 1.01. The maximum Gasteiger partial charge on any atom is 0.161 e. The van der Waals surface area contributed by atoms with E-state index in [0.717, 1.165) is 80.8 Å². The average Bonchev–Trinajstić information content (AvgIpc) is 1.70. The summed E-state index contributed by atoms with van der Waals surface area (Å²) in [5, 5.41) is 20.6. The van der Waals surface area contributed by atoms with Crippen molar-refractivity contribution in [3.63, 3.8) is 0 Å². The largest absolute Gasteiger partial charge is 0.490 e. The molecule has 0 amide bonds. The molecule has 2 aliphatic carbocycles. The minimum Gasteiger partial charge on any atom is -0.490 e. The number of rotatable bonds is 24. The molecule has 8 aromatic rings. The fourth-order valence-electron chi connectivity index (χ4n) is 13.5. The van der Waals surface area contributed by atoms with Crippen molar-refractivity contribution in [1.82, 2.24) is 0 Å². The van der Waals surface area contributed by atoms with Gasteiger partial charge in [0.05, 0.1) is 77.3 Å². The first-order chi connectivity index (χ1) is 46.5. The molecule has 2 bridgehead atoms. The number of hydrogen-bond acceptors (Lipinski definition) is 20. The van der Waals surface area contributed by atoms with Crippen molar-refractivity contribution in [2.75, 3.05) is 76.5 Å². The van der Waals surface area contributed by atoms with Crippen LogP contribution in [0.1, 0.15) is 120 Å². The molecule has 0 spiro atoms. The highest BCUT2D eigenvalue weighted by molar-refractivity contribution is 8.47. The summed E-state index contributed by atoms with van der Waals surface area (Å²) in [7, 11) is 0. The molecule has 4 aliphatic heterocycles. The lowest BCUT2D eigenvalue weighted by molar-refractivity contribution is 0.262. The van der Waals surface area contributed by atoms with Crippen LogP contribution in [-0.2, 0) is 0 Å². The van der Waals surface area contributed by atoms with Gasteiger partial charge in [0, 0.05) is 32.7 Å². The minimum absolute atomic E-state index is 0.303. The number of benzene rings is 8. The maximum atomic E-state index is 6.81. The third-order valence-corrected chi connectivity index (χ3v) is 39.0. The summed E-state index contributed by atoms with van der Waals surface area (Å²) in [5.74, 6) is 3.98. The third kappa shape index (κ3) is 13.3. The lowest BCUT2D eigenvalue weighted by atomic mass is 9.82. The predicted octanol–water partition coefficient (Wildman–Crippen LogP) is 24.9. The van der Waals surface area contributed by atoms with Gasteiger partial charge in [-0.15, -0.1) is 94.1 Å². The molecule has 0 saturated carbocycles. The second-order valence-corrected chi connectivity index (χ2v) is 41.5. The Morgan fingerprint density at radius 3 is 0.653 bits per heavy atom. The summed E-state index contributed by atoms with van der Waals surface area (Å²) in [5.41, 5.74) is 5.96. The molecule has 14 rings (SSSR count). The van der Waals surface area contributed by atoms with Crippen molar-refractivity contribution in [2.45, 2.75) is 97.3 Å². The van der Waals surface area contributed by atoms with Gasteiger partial charge in [-0.3, -0.25) is 0 Å². The van der Waals surface area contributed by atoms with E-state index in [9.17, 15) is 0 Å². The van der Waals surface area contributed by atoms with Gasteiger partial charge in [0.2, 0.25) is 0 Å². The molecule has 6 aliphatic rings. The number of fused-ring (bicyclic) bond motifs is 14. The van der Waals surface area contributed by atoms with Gasteiger partial charge in [0.1, 0.15) is 0 Å². The summed E-state index contributed by atoms with van der Waals surface area (Å²) in [6.07, 6.45) is 27.1. The Kier molecular flexibility index (Phi) is 23.2. The van der Waals surface area contributed by atoms with Gasteiger partial charge in [-0.25, -0.2) is 0 Å². The zero-order valence-electron chi connectivity index (χ0n) is 55.4. The molecule has 95 heavy (non-hydrogen) atoms. The van der Waals surface area contributed by atoms with Crippen LogP contribution in [0.15, 0.2) is 107 Å². The number of unbranched alkanes of at least 4 members (excludes halogenated alkanes) is 4. The van der Waals surface area contributed by atoms with Crippen molar-refractivity contribution in [3.05, 3.63) is 150 Å². The molecule has 20 heteroatoms. The van der Waals surface area contributed by atoms with Gasteiger partial charge < -0.3 is 18.9 Å². The van der Waals surface area contributed by atoms with Crippen LogP contribution in [0.4, 0.5) is 0 Å². The summed E-state index contributed by atoms with van der Waals surface area (Å²) in [6, 6.07) is 30.2. The average molecular weight is 1550 g/mol. The van der Waals surface area contributed by atoms with E-state index in [1.807, 2.05) is 188 Å². The highest BCUT2D eigenvalue weighted by Gasteiger charge is 2.42.